The van der Waals surface area contributed by atoms with Crippen LogP contribution in [0.15, 0.2) is 12.1 Å². The number of anilines is 1. The van der Waals surface area contributed by atoms with Gasteiger partial charge in [0, 0.05) is 24.8 Å². The first-order valence-electron chi connectivity index (χ1n) is 6.55. The molecule has 2 rings (SSSR count). The van der Waals surface area contributed by atoms with E-state index in [1.165, 1.54) is 12.8 Å². The Morgan fingerprint density at radius 1 is 1.50 bits per heavy atom. The Kier molecular flexibility index (Phi) is 3.84. The molecule has 1 aromatic rings. The summed E-state index contributed by atoms with van der Waals surface area (Å²) < 4.78 is 0. The highest BCUT2D eigenvalue weighted by Crippen LogP contribution is 2.36. The highest BCUT2D eigenvalue weighted by atomic mass is 16.1. The largest absolute Gasteiger partial charge is 0.373 e. The molecule has 0 aromatic carbocycles. The quantitative estimate of drug-likeness (QED) is 0.838. The van der Waals surface area contributed by atoms with Crippen LogP contribution < -0.4 is 10.6 Å². The number of carbonyl (C=O) groups is 1. The number of carbonyl (C=O) groups excluding carboxylic acids is 1. The van der Waals surface area contributed by atoms with Crippen LogP contribution in [0, 0.1) is 18.8 Å². The summed E-state index contributed by atoms with van der Waals surface area (Å²) in [5, 5.41) is 5.97. The van der Waals surface area contributed by atoms with E-state index in [-0.39, 0.29) is 5.91 Å². The minimum Gasteiger partial charge on any atom is -0.373 e. The van der Waals surface area contributed by atoms with Crippen LogP contribution in [0.4, 0.5) is 5.82 Å². The lowest BCUT2D eigenvalue weighted by Gasteiger charge is -2.12. The molecule has 4 nitrogen and oxygen atoms in total. The zero-order chi connectivity index (χ0) is 13.1. The van der Waals surface area contributed by atoms with E-state index in [0.29, 0.717) is 11.5 Å². The molecule has 1 aliphatic carbocycles. The summed E-state index contributed by atoms with van der Waals surface area (Å²) >= 11 is 0. The molecule has 4 heteroatoms. The topological polar surface area (TPSA) is 54.0 Å². The molecule has 0 spiro atoms. The lowest BCUT2D eigenvalue weighted by atomic mass is 10.1. The van der Waals surface area contributed by atoms with Crippen molar-refractivity contribution in [3.05, 3.63) is 23.4 Å². The molecule has 18 heavy (non-hydrogen) atoms. The average molecular weight is 247 g/mol. The van der Waals surface area contributed by atoms with Gasteiger partial charge in [-0.25, -0.2) is 4.98 Å². The van der Waals surface area contributed by atoms with Gasteiger partial charge < -0.3 is 10.6 Å². The molecule has 1 aliphatic rings. The van der Waals surface area contributed by atoms with E-state index in [0.717, 1.165) is 24.0 Å². The molecular weight excluding hydrogens is 226 g/mol. The number of hydrogen-bond donors (Lipinski definition) is 2. The van der Waals surface area contributed by atoms with Gasteiger partial charge in [0.15, 0.2) is 0 Å². The number of nitrogens with one attached hydrogen (secondary N) is 2. The van der Waals surface area contributed by atoms with Crippen molar-refractivity contribution in [3.63, 3.8) is 0 Å². The fourth-order valence-electron chi connectivity index (χ4n) is 2.12. The van der Waals surface area contributed by atoms with Crippen LogP contribution in [0.3, 0.4) is 0 Å². The van der Waals surface area contributed by atoms with Crippen molar-refractivity contribution < 1.29 is 4.79 Å². The number of rotatable bonds is 5. The number of aromatic nitrogens is 1. The lowest BCUT2D eigenvalue weighted by Crippen LogP contribution is -2.29. The van der Waals surface area contributed by atoms with E-state index < -0.39 is 0 Å². The first-order chi connectivity index (χ1) is 8.60. The molecule has 2 N–H and O–H groups in total. The van der Waals surface area contributed by atoms with Gasteiger partial charge in [0.1, 0.15) is 5.82 Å². The Balaban J connectivity index is 1.96. The summed E-state index contributed by atoms with van der Waals surface area (Å²) in [5.41, 5.74) is 1.53. The zero-order valence-electron chi connectivity index (χ0n) is 11.3. The smallest absolute Gasteiger partial charge is 0.251 e. The van der Waals surface area contributed by atoms with Crippen molar-refractivity contribution >= 4 is 11.7 Å². The Labute approximate surface area is 108 Å². The van der Waals surface area contributed by atoms with E-state index in [4.69, 9.17) is 0 Å². The molecule has 98 valence electrons. The van der Waals surface area contributed by atoms with Crippen molar-refractivity contribution in [3.8, 4) is 0 Å². The highest BCUT2D eigenvalue weighted by molar-refractivity contribution is 5.95. The Bertz CT molecular complexity index is 441. The van der Waals surface area contributed by atoms with E-state index >= 15 is 0 Å². The predicted molar refractivity (Wildman–Crippen MR) is 72.7 cm³/mol. The Morgan fingerprint density at radius 2 is 2.22 bits per heavy atom. The third-order valence-electron chi connectivity index (χ3n) is 3.48. The molecule has 1 saturated carbocycles. The van der Waals surface area contributed by atoms with Crippen LogP contribution in [0.5, 0.6) is 0 Å². The Morgan fingerprint density at radius 3 is 2.83 bits per heavy atom. The maximum Gasteiger partial charge on any atom is 0.251 e. The maximum atomic E-state index is 12.0. The van der Waals surface area contributed by atoms with Crippen molar-refractivity contribution in [1.29, 1.82) is 0 Å². The molecule has 1 unspecified atom stereocenters. The second-order valence-corrected chi connectivity index (χ2v) is 5.16. The fraction of sp³-hybridized carbons (Fsp3) is 0.571. The van der Waals surface area contributed by atoms with Crippen LogP contribution in [0.2, 0.25) is 0 Å². The monoisotopic (exact) mass is 247 g/mol. The molecule has 1 amide bonds. The highest BCUT2D eigenvalue weighted by Gasteiger charge is 2.27. The van der Waals surface area contributed by atoms with Crippen LogP contribution in [0.1, 0.15) is 35.8 Å². The average Bonchev–Trinajstić information content (AvgIpc) is 3.18. The number of amides is 1. The molecule has 0 saturated heterocycles. The summed E-state index contributed by atoms with van der Waals surface area (Å²) in [6.45, 7) is 4.86. The summed E-state index contributed by atoms with van der Waals surface area (Å²) in [4.78, 5) is 16.3. The summed E-state index contributed by atoms with van der Waals surface area (Å²) in [6, 6.07) is 3.60. The van der Waals surface area contributed by atoms with E-state index in [9.17, 15) is 4.79 Å². The first-order valence-corrected chi connectivity index (χ1v) is 6.55. The van der Waals surface area contributed by atoms with E-state index in [1.54, 1.807) is 13.1 Å². The maximum absolute atomic E-state index is 12.0. The number of nitrogens with zero attached hydrogens (tertiary/aromatic N) is 1. The number of aryl methyl sites for hydroxylation is 1. The van der Waals surface area contributed by atoms with E-state index in [1.807, 2.05) is 13.0 Å². The predicted octanol–water partition coefficient (Wildman–Crippen LogP) is 2.21. The van der Waals surface area contributed by atoms with Crippen molar-refractivity contribution in [2.24, 2.45) is 11.8 Å². The molecule has 1 aromatic heterocycles. The second kappa shape index (κ2) is 5.38. The van der Waals surface area contributed by atoms with Gasteiger partial charge in [-0.2, -0.15) is 0 Å². The summed E-state index contributed by atoms with van der Waals surface area (Å²) in [5.74, 6) is 2.12. The van der Waals surface area contributed by atoms with Crippen LogP contribution in [0.25, 0.3) is 0 Å². The lowest BCUT2D eigenvalue weighted by molar-refractivity contribution is 0.0946. The number of pyridine rings is 1. The minimum absolute atomic E-state index is 0.00972. The molecule has 1 fully saturated rings. The van der Waals surface area contributed by atoms with Gasteiger partial charge in [0.25, 0.3) is 5.91 Å². The van der Waals surface area contributed by atoms with Gasteiger partial charge >= 0.3 is 0 Å². The third kappa shape index (κ3) is 3.22. The van der Waals surface area contributed by atoms with Gasteiger partial charge in [0.05, 0.1) is 0 Å². The molecule has 0 bridgehead atoms. The van der Waals surface area contributed by atoms with Gasteiger partial charge in [-0.1, -0.05) is 6.92 Å². The summed E-state index contributed by atoms with van der Waals surface area (Å²) in [6.07, 6.45) is 2.63. The fourth-order valence-corrected chi connectivity index (χ4v) is 2.12. The number of hydrogen-bond acceptors (Lipinski definition) is 3. The van der Waals surface area contributed by atoms with Crippen molar-refractivity contribution in [2.75, 3.05) is 18.9 Å². The summed E-state index contributed by atoms with van der Waals surface area (Å²) in [7, 11) is 1.80. The standard InChI is InChI=1S/C14H21N3O/c1-9(11-4-5-11)8-16-14(18)12-6-10(2)17-13(7-12)15-3/h6-7,9,11H,4-5,8H2,1-3H3,(H,15,17)(H,16,18). The zero-order valence-corrected chi connectivity index (χ0v) is 11.3. The molecule has 1 atom stereocenters. The van der Waals surface area contributed by atoms with Gasteiger partial charge in [0.2, 0.25) is 0 Å². The SMILES string of the molecule is CNc1cc(C(=O)NCC(C)C2CC2)cc(C)n1. The second-order valence-electron chi connectivity index (χ2n) is 5.16. The van der Waals surface area contributed by atoms with E-state index in [2.05, 4.69) is 22.5 Å². The molecule has 1 heterocycles. The first kappa shape index (κ1) is 12.9. The minimum atomic E-state index is -0.00972. The molecule has 0 aliphatic heterocycles. The van der Waals surface area contributed by atoms with Gasteiger partial charge in [-0.05, 0) is 43.7 Å². The van der Waals surface area contributed by atoms with Crippen LogP contribution in [-0.2, 0) is 0 Å². The van der Waals surface area contributed by atoms with Crippen LogP contribution >= 0.6 is 0 Å². The van der Waals surface area contributed by atoms with Gasteiger partial charge in [-0.15, -0.1) is 0 Å². The Hall–Kier alpha value is -1.58. The molecule has 0 radical (unpaired) electrons. The van der Waals surface area contributed by atoms with Gasteiger partial charge in [-0.3, -0.25) is 4.79 Å². The van der Waals surface area contributed by atoms with Crippen LogP contribution in [-0.4, -0.2) is 24.5 Å². The van der Waals surface area contributed by atoms with Crippen molar-refractivity contribution in [2.45, 2.75) is 26.7 Å². The molecular formula is C14H21N3O. The van der Waals surface area contributed by atoms with Crippen molar-refractivity contribution in [1.82, 2.24) is 10.3 Å². The normalized spacial score (nSPS) is 16.2. The third-order valence-corrected chi connectivity index (χ3v) is 3.48.